The lowest BCUT2D eigenvalue weighted by atomic mass is 10.1. The molecule has 4 rings (SSSR count). The topological polar surface area (TPSA) is 39.9 Å². The van der Waals surface area contributed by atoms with E-state index in [1.807, 2.05) is 35.2 Å². The Hall–Kier alpha value is -1.85. The van der Waals surface area contributed by atoms with Crippen molar-refractivity contribution in [1.29, 1.82) is 0 Å². The normalized spacial score (nSPS) is 21.2. The maximum Gasteiger partial charge on any atom is 0.289 e. The first-order chi connectivity index (χ1) is 10.7. The van der Waals surface area contributed by atoms with Crippen LogP contribution in [0.2, 0.25) is 0 Å². The number of para-hydroxylation sites is 1. The smallest absolute Gasteiger partial charge is 0.289 e. The number of hydrogen-bond acceptors (Lipinski definition) is 4. The van der Waals surface area contributed by atoms with Crippen molar-refractivity contribution in [2.75, 3.05) is 46.3 Å². The minimum Gasteiger partial charge on any atom is -0.451 e. The molecule has 0 radical (unpaired) electrons. The molecule has 0 bridgehead atoms. The molecule has 0 spiro atoms. The molecule has 0 aliphatic carbocycles. The molecule has 2 fully saturated rings. The molecule has 3 heterocycles. The molecule has 0 saturated carbocycles. The third kappa shape index (κ3) is 2.40. The maximum absolute atomic E-state index is 12.5. The second-order valence-corrected chi connectivity index (χ2v) is 6.35. The first kappa shape index (κ1) is 13.8. The van der Waals surface area contributed by atoms with Gasteiger partial charge in [0.2, 0.25) is 0 Å². The van der Waals surface area contributed by atoms with Crippen LogP contribution in [0.4, 0.5) is 0 Å². The number of carbonyl (C=O) groups excluding carboxylic acids is 1. The molecule has 5 nitrogen and oxygen atoms in total. The number of piperazine rings is 1. The Bertz CT molecular complexity index is 649. The third-order valence-electron chi connectivity index (χ3n) is 4.84. The van der Waals surface area contributed by atoms with Gasteiger partial charge in [0.25, 0.3) is 5.91 Å². The van der Waals surface area contributed by atoms with E-state index >= 15 is 0 Å². The highest BCUT2D eigenvalue weighted by molar-refractivity contribution is 5.96. The number of furan rings is 1. The van der Waals surface area contributed by atoms with Crippen molar-refractivity contribution in [3.8, 4) is 0 Å². The molecule has 2 aromatic rings. The highest BCUT2D eigenvalue weighted by atomic mass is 16.3. The van der Waals surface area contributed by atoms with Crippen molar-refractivity contribution < 1.29 is 9.21 Å². The van der Waals surface area contributed by atoms with Crippen LogP contribution in [0.1, 0.15) is 10.6 Å². The van der Waals surface area contributed by atoms with Crippen molar-refractivity contribution >= 4 is 16.9 Å². The predicted molar refractivity (Wildman–Crippen MR) is 85.0 cm³/mol. The minimum atomic E-state index is 0.0153. The lowest BCUT2D eigenvalue weighted by Gasteiger charge is -2.47. The van der Waals surface area contributed by atoms with Crippen LogP contribution in [-0.4, -0.2) is 73.0 Å². The molecule has 2 aliphatic rings. The fourth-order valence-electron chi connectivity index (χ4n) is 3.28. The summed E-state index contributed by atoms with van der Waals surface area (Å²) in [7, 11) is 2.16. The van der Waals surface area contributed by atoms with E-state index in [2.05, 4.69) is 16.8 Å². The van der Waals surface area contributed by atoms with Gasteiger partial charge in [-0.2, -0.15) is 0 Å². The van der Waals surface area contributed by atoms with E-state index in [1.165, 1.54) is 0 Å². The van der Waals surface area contributed by atoms with Gasteiger partial charge < -0.3 is 14.2 Å². The molecule has 1 aromatic heterocycles. The molecule has 22 heavy (non-hydrogen) atoms. The zero-order chi connectivity index (χ0) is 15.1. The van der Waals surface area contributed by atoms with Crippen LogP contribution >= 0.6 is 0 Å². The molecule has 0 atom stereocenters. The lowest BCUT2D eigenvalue weighted by molar-refractivity contribution is 0.00936. The van der Waals surface area contributed by atoms with Crippen LogP contribution in [0.5, 0.6) is 0 Å². The zero-order valence-electron chi connectivity index (χ0n) is 12.9. The van der Waals surface area contributed by atoms with Gasteiger partial charge in [-0.25, -0.2) is 0 Å². The maximum atomic E-state index is 12.5. The van der Waals surface area contributed by atoms with Gasteiger partial charge in [0.05, 0.1) is 0 Å². The van der Waals surface area contributed by atoms with E-state index in [0.29, 0.717) is 11.8 Å². The second-order valence-electron chi connectivity index (χ2n) is 6.35. The third-order valence-corrected chi connectivity index (χ3v) is 4.84. The van der Waals surface area contributed by atoms with Crippen molar-refractivity contribution in [2.24, 2.45) is 0 Å². The highest BCUT2D eigenvalue weighted by Crippen LogP contribution is 2.23. The summed E-state index contributed by atoms with van der Waals surface area (Å²) in [6, 6.07) is 10.1. The molecule has 0 unspecified atom stereocenters. The van der Waals surface area contributed by atoms with Crippen LogP contribution in [0, 0.1) is 0 Å². The van der Waals surface area contributed by atoms with Crippen LogP contribution in [0.15, 0.2) is 34.7 Å². The number of nitrogens with zero attached hydrogens (tertiary/aromatic N) is 3. The molecule has 1 amide bonds. The number of fused-ring (bicyclic) bond motifs is 1. The number of likely N-dealkylation sites (tertiary alicyclic amines) is 1. The van der Waals surface area contributed by atoms with E-state index in [0.717, 1.165) is 50.2 Å². The molecule has 1 aromatic carbocycles. The van der Waals surface area contributed by atoms with E-state index in [-0.39, 0.29) is 5.91 Å². The fraction of sp³-hybridized carbons (Fsp3) is 0.471. The van der Waals surface area contributed by atoms with Crippen LogP contribution in [0.25, 0.3) is 11.0 Å². The van der Waals surface area contributed by atoms with Gasteiger partial charge in [-0.15, -0.1) is 0 Å². The molecule has 5 heteroatoms. The largest absolute Gasteiger partial charge is 0.451 e. The second kappa shape index (κ2) is 5.41. The van der Waals surface area contributed by atoms with Gasteiger partial charge in [-0.3, -0.25) is 9.69 Å². The molecule has 0 N–H and O–H groups in total. The van der Waals surface area contributed by atoms with E-state index < -0.39 is 0 Å². The zero-order valence-corrected chi connectivity index (χ0v) is 12.9. The number of hydrogen-bond donors (Lipinski definition) is 0. The Morgan fingerprint density at radius 2 is 1.86 bits per heavy atom. The summed E-state index contributed by atoms with van der Waals surface area (Å²) in [5.74, 6) is 0.472. The highest BCUT2D eigenvalue weighted by Gasteiger charge is 2.36. The Labute approximate surface area is 130 Å². The first-order valence-electron chi connectivity index (χ1n) is 7.91. The number of rotatable bonds is 2. The summed E-state index contributed by atoms with van der Waals surface area (Å²) in [5, 5.41) is 0.988. The Balaban J connectivity index is 1.39. The number of benzene rings is 1. The van der Waals surface area contributed by atoms with Crippen molar-refractivity contribution in [3.63, 3.8) is 0 Å². The van der Waals surface area contributed by atoms with Crippen molar-refractivity contribution in [3.05, 3.63) is 36.1 Å². The monoisotopic (exact) mass is 299 g/mol. The summed E-state index contributed by atoms with van der Waals surface area (Å²) in [4.78, 5) is 19.2. The molecular formula is C17H21N3O2. The van der Waals surface area contributed by atoms with Gasteiger partial charge in [0.15, 0.2) is 5.76 Å². The van der Waals surface area contributed by atoms with Crippen molar-refractivity contribution in [2.45, 2.75) is 6.04 Å². The molecule has 116 valence electrons. The van der Waals surface area contributed by atoms with Gasteiger partial charge in [-0.05, 0) is 19.2 Å². The summed E-state index contributed by atoms with van der Waals surface area (Å²) < 4.78 is 5.67. The summed E-state index contributed by atoms with van der Waals surface area (Å²) in [5.41, 5.74) is 0.780. The fourth-order valence-corrected chi connectivity index (χ4v) is 3.28. The van der Waals surface area contributed by atoms with Gasteiger partial charge in [0, 0.05) is 50.7 Å². The predicted octanol–water partition coefficient (Wildman–Crippen LogP) is 1.50. The van der Waals surface area contributed by atoms with Gasteiger partial charge in [0.1, 0.15) is 5.58 Å². The van der Waals surface area contributed by atoms with Crippen molar-refractivity contribution in [1.82, 2.24) is 14.7 Å². The average molecular weight is 299 g/mol. The SMILES string of the molecule is CN1CCN(C2CN(C(=O)c3cc4ccccc4o3)C2)CC1. The molecular weight excluding hydrogens is 278 g/mol. The Morgan fingerprint density at radius 3 is 2.59 bits per heavy atom. The standard InChI is InChI=1S/C17H21N3O2/c1-18-6-8-19(9-7-18)14-11-20(12-14)17(21)16-10-13-4-2-3-5-15(13)22-16/h2-5,10,14H,6-9,11-12H2,1H3. The van der Waals surface area contributed by atoms with Crippen LogP contribution < -0.4 is 0 Å². The number of carbonyl (C=O) groups is 1. The number of amides is 1. The lowest BCUT2D eigenvalue weighted by Crippen LogP contribution is -2.63. The summed E-state index contributed by atoms with van der Waals surface area (Å²) in [6.45, 7) is 6.09. The molecule has 2 aliphatic heterocycles. The summed E-state index contributed by atoms with van der Waals surface area (Å²) >= 11 is 0. The number of likely N-dealkylation sites (N-methyl/N-ethyl adjacent to an activating group) is 1. The van der Waals surface area contributed by atoms with E-state index in [1.54, 1.807) is 0 Å². The minimum absolute atomic E-state index is 0.0153. The Kier molecular flexibility index (Phi) is 3.39. The summed E-state index contributed by atoms with van der Waals surface area (Å²) in [6.07, 6.45) is 0. The van der Waals surface area contributed by atoms with Gasteiger partial charge in [-0.1, -0.05) is 18.2 Å². The first-order valence-corrected chi connectivity index (χ1v) is 7.91. The van der Waals surface area contributed by atoms with Crippen LogP contribution in [0.3, 0.4) is 0 Å². The van der Waals surface area contributed by atoms with Crippen LogP contribution in [-0.2, 0) is 0 Å². The van der Waals surface area contributed by atoms with Gasteiger partial charge >= 0.3 is 0 Å². The molecule has 2 saturated heterocycles. The van der Waals surface area contributed by atoms with E-state index in [4.69, 9.17) is 4.42 Å². The van der Waals surface area contributed by atoms with E-state index in [9.17, 15) is 4.79 Å². The quantitative estimate of drug-likeness (QED) is 0.843. The Morgan fingerprint density at radius 1 is 1.14 bits per heavy atom. The average Bonchev–Trinajstić information content (AvgIpc) is 2.91.